The average Bonchev–Trinajstić information content (AvgIpc) is 2.51. The molecule has 1 heterocycles. The van der Waals surface area contributed by atoms with Crippen LogP contribution in [0.5, 0.6) is 11.5 Å². The van der Waals surface area contributed by atoms with Crippen molar-refractivity contribution in [2.75, 3.05) is 26.8 Å². The zero-order valence-electron chi connectivity index (χ0n) is 13.2. The van der Waals surface area contributed by atoms with Gasteiger partial charge in [0.25, 0.3) is 0 Å². The Labute approximate surface area is 127 Å². The Bertz CT molecular complexity index is 428. The van der Waals surface area contributed by atoms with E-state index in [1.165, 1.54) is 5.56 Å². The lowest BCUT2D eigenvalue weighted by molar-refractivity contribution is 0.0792. The van der Waals surface area contributed by atoms with Crippen molar-refractivity contribution >= 4 is 0 Å². The molecule has 0 atom stereocenters. The molecule has 4 heteroatoms. The lowest BCUT2D eigenvalue weighted by Gasteiger charge is -2.29. The Morgan fingerprint density at radius 2 is 2.00 bits per heavy atom. The van der Waals surface area contributed by atoms with Gasteiger partial charge in [-0.2, -0.15) is 0 Å². The molecule has 1 saturated heterocycles. The molecule has 0 bridgehead atoms. The number of benzene rings is 1. The summed E-state index contributed by atoms with van der Waals surface area (Å²) in [6, 6.07) is 6.17. The Balaban J connectivity index is 1.94. The SMILES string of the molecule is CCCCOc1ccc(CN2CCC(O)CC2)cc1OC. The second-order valence-corrected chi connectivity index (χ2v) is 5.69. The third-order valence-corrected chi connectivity index (χ3v) is 3.95. The van der Waals surface area contributed by atoms with Crippen LogP contribution >= 0.6 is 0 Å². The van der Waals surface area contributed by atoms with Crippen LogP contribution in [0.2, 0.25) is 0 Å². The van der Waals surface area contributed by atoms with E-state index >= 15 is 0 Å². The molecule has 4 nitrogen and oxygen atoms in total. The minimum Gasteiger partial charge on any atom is -0.493 e. The Morgan fingerprint density at radius 3 is 2.67 bits per heavy atom. The summed E-state index contributed by atoms with van der Waals surface area (Å²) >= 11 is 0. The lowest BCUT2D eigenvalue weighted by atomic mass is 10.1. The lowest BCUT2D eigenvalue weighted by Crippen LogP contribution is -2.35. The standard InChI is InChI=1S/C17H27NO3/c1-3-4-11-21-16-6-5-14(12-17(16)20-2)13-18-9-7-15(19)8-10-18/h5-6,12,15,19H,3-4,7-11,13H2,1-2H3. The Kier molecular flexibility index (Phi) is 6.33. The number of hydrogen-bond acceptors (Lipinski definition) is 4. The van der Waals surface area contributed by atoms with E-state index in [0.717, 1.165) is 63.4 Å². The first-order chi connectivity index (χ1) is 10.2. The van der Waals surface area contributed by atoms with Crippen LogP contribution in [0.4, 0.5) is 0 Å². The zero-order valence-corrected chi connectivity index (χ0v) is 13.2. The van der Waals surface area contributed by atoms with Crippen molar-refractivity contribution in [1.29, 1.82) is 0 Å². The van der Waals surface area contributed by atoms with Crippen molar-refractivity contribution in [2.24, 2.45) is 0 Å². The molecule has 118 valence electrons. The second kappa shape index (κ2) is 8.25. The van der Waals surface area contributed by atoms with E-state index < -0.39 is 0 Å². The van der Waals surface area contributed by atoms with Crippen LogP contribution in [-0.2, 0) is 6.54 Å². The van der Waals surface area contributed by atoms with Gasteiger partial charge < -0.3 is 14.6 Å². The first kappa shape index (κ1) is 16.1. The number of aliphatic hydroxyl groups excluding tert-OH is 1. The fourth-order valence-electron chi connectivity index (χ4n) is 2.59. The molecule has 0 amide bonds. The van der Waals surface area contributed by atoms with Crippen LogP contribution in [0.1, 0.15) is 38.2 Å². The van der Waals surface area contributed by atoms with Crippen LogP contribution < -0.4 is 9.47 Å². The Morgan fingerprint density at radius 1 is 1.24 bits per heavy atom. The van der Waals surface area contributed by atoms with Crippen molar-refractivity contribution in [3.8, 4) is 11.5 Å². The molecule has 1 aromatic carbocycles. The second-order valence-electron chi connectivity index (χ2n) is 5.69. The maximum Gasteiger partial charge on any atom is 0.161 e. The minimum atomic E-state index is -0.120. The molecule has 0 aromatic heterocycles. The predicted molar refractivity (Wildman–Crippen MR) is 83.9 cm³/mol. The van der Waals surface area contributed by atoms with Crippen molar-refractivity contribution < 1.29 is 14.6 Å². The molecule has 0 spiro atoms. The average molecular weight is 293 g/mol. The molecule has 1 aliphatic rings. The largest absolute Gasteiger partial charge is 0.493 e. The van der Waals surface area contributed by atoms with Gasteiger partial charge in [-0.05, 0) is 37.0 Å². The third-order valence-electron chi connectivity index (χ3n) is 3.95. The van der Waals surface area contributed by atoms with Gasteiger partial charge >= 0.3 is 0 Å². The third kappa shape index (κ3) is 4.90. The first-order valence-corrected chi connectivity index (χ1v) is 7.93. The van der Waals surface area contributed by atoms with Gasteiger partial charge in [-0.1, -0.05) is 19.4 Å². The molecular weight excluding hydrogens is 266 g/mol. The quantitative estimate of drug-likeness (QED) is 0.785. The first-order valence-electron chi connectivity index (χ1n) is 7.93. The number of unbranched alkanes of at least 4 members (excludes halogenated alkanes) is 1. The molecule has 21 heavy (non-hydrogen) atoms. The van der Waals surface area contributed by atoms with Gasteiger partial charge in [0.15, 0.2) is 11.5 Å². The van der Waals surface area contributed by atoms with E-state index in [9.17, 15) is 5.11 Å². The monoisotopic (exact) mass is 293 g/mol. The Hall–Kier alpha value is -1.26. The highest BCUT2D eigenvalue weighted by molar-refractivity contribution is 5.43. The summed E-state index contributed by atoms with van der Waals surface area (Å²) < 4.78 is 11.2. The molecule has 1 aliphatic heterocycles. The number of ether oxygens (including phenoxy) is 2. The van der Waals surface area contributed by atoms with E-state index in [0.29, 0.717) is 0 Å². The van der Waals surface area contributed by atoms with Crippen LogP contribution in [-0.4, -0.2) is 42.9 Å². The number of nitrogens with zero attached hydrogens (tertiary/aromatic N) is 1. The van der Waals surface area contributed by atoms with Gasteiger partial charge in [0.1, 0.15) is 0 Å². The van der Waals surface area contributed by atoms with Crippen LogP contribution in [0.3, 0.4) is 0 Å². The molecule has 0 radical (unpaired) electrons. The molecule has 1 aromatic rings. The minimum absolute atomic E-state index is 0.120. The summed E-state index contributed by atoms with van der Waals surface area (Å²) in [5.41, 5.74) is 1.23. The van der Waals surface area contributed by atoms with Crippen molar-refractivity contribution in [2.45, 2.75) is 45.3 Å². The summed E-state index contributed by atoms with van der Waals surface area (Å²) in [5.74, 6) is 1.63. The van der Waals surface area contributed by atoms with E-state index in [4.69, 9.17) is 9.47 Å². The highest BCUT2D eigenvalue weighted by atomic mass is 16.5. The maximum absolute atomic E-state index is 9.55. The smallest absolute Gasteiger partial charge is 0.161 e. The predicted octanol–water partition coefficient (Wildman–Crippen LogP) is 2.83. The molecule has 1 fully saturated rings. The number of aliphatic hydroxyl groups is 1. The fourth-order valence-corrected chi connectivity index (χ4v) is 2.59. The summed E-state index contributed by atoms with van der Waals surface area (Å²) in [5, 5.41) is 9.55. The highest BCUT2D eigenvalue weighted by Gasteiger charge is 2.17. The number of likely N-dealkylation sites (tertiary alicyclic amines) is 1. The van der Waals surface area contributed by atoms with Gasteiger partial charge in [-0.3, -0.25) is 4.90 Å². The van der Waals surface area contributed by atoms with Crippen molar-refractivity contribution in [3.05, 3.63) is 23.8 Å². The zero-order chi connectivity index (χ0) is 15.1. The van der Waals surface area contributed by atoms with E-state index in [1.807, 2.05) is 6.07 Å². The van der Waals surface area contributed by atoms with Gasteiger partial charge in [-0.25, -0.2) is 0 Å². The van der Waals surface area contributed by atoms with Crippen molar-refractivity contribution in [3.63, 3.8) is 0 Å². The van der Waals surface area contributed by atoms with Gasteiger partial charge in [-0.15, -0.1) is 0 Å². The van der Waals surface area contributed by atoms with Crippen LogP contribution in [0, 0.1) is 0 Å². The molecule has 0 aliphatic carbocycles. The summed E-state index contributed by atoms with van der Waals surface area (Å²) in [7, 11) is 1.68. The number of rotatable bonds is 7. The fraction of sp³-hybridized carbons (Fsp3) is 0.647. The molecule has 1 N–H and O–H groups in total. The van der Waals surface area contributed by atoms with Crippen LogP contribution in [0.25, 0.3) is 0 Å². The summed E-state index contributed by atoms with van der Waals surface area (Å²) in [4.78, 5) is 2.37. The molecule has 2 rings (SSSR count). The summed E-state index contributed by atoms with van der Waals surface area (Å²) in [6.07, 6.45) is 3.80. The van der Waals surface area contributed by atoms with Crippen molar-refractivity contribution in [1.82, 2.24) is 4.90 Å². The normalized spacial score (nSPS) is 16.9. The van der Waals surface area contributed by atoms with E-state index in [-0.39, 0.29) is 6.10 Å². The van der Waals surface area contributed by atoms with E-state index in [1.54, 1.807) is 7.11 Å². The number of piperidine rings is 1. The molecular formula is C17H27NO3. The highest BCUT2D eigenvalue weighted by Crippen LogP contribution is 2.29. The van der Waals surface area contributed by atoms with Crippen LogP contribution in [0.15, 0.2) is 18.2 Å². The number of methoxy groups -OCH3 is 1. The summed E-state index contributed by atoms with van der Waals surface area (Å²) in [6.45, 7) is 5.70. The topological polar surface area (TPSA) is 41.9 Å². The van der Waals surface area contributed by atoms with E-state index in [2.05, 4.69) is 24.0 Å². The molecule has 0 saturated carbocycles. The van der Waals surface area contributed by atoms with Gasteiger partial charge in [0.2, 0.25) is 0 Å². The van der Waals surface area contributed by atoms with Gasteiger partial charge in [0, 0.05) is 19.6 Å². The number of hydrogen-bond donors (Lipinski definition) is 1. The maximum atomic E-state index is 9.55. The van der Waals surface area contributed by atoms with Gasteiger partial charge in [0.05, 0.1) is 19.8 Å². The molecule has 0 unspecified atom stereocenters.